The van der Waals surface area contributed by atoms with Gasteiger partial charge in [0.1, 0.15) is 0 Å². The molecule has 70 heavy (non-hydrogen) atoms. The predicted molar refractivity (Wildman–Crippen MR) is 313 cm³/mol. The van der Waals surface area contributed by atoms with Crippen molar-refractivity contribution in [2.45, 2.75) is 360 Å². The molecule has 0 radical (unpaired) electrons. The molecule has 2 atom stereocenters. The summed E-state index contributed by atoms with van der Waals surface area (Å²) in [6.07, 6.45) is 86.1. The third kappa shape index (κ3) is 57.3. The molecule has 0 aliphatic carbocycles. The summed E-state index contributed by atoms with van der Waals surface area (Å²) in [6, 6.07) is -0.646. The molecule has 0 aromatic heterocycles. The average Bonchev–Trinajstić information content (AvgIpc) is 3.36. The first-order valence-electron chi connectivity index (χ1n) is 31.9. The lowest BCUT2D eigenvalue weighted by molar-refractivity contribution is -0.123. The fourth-order valence-corrected chi connectivity index (χ4v) is 9.92. The van der Waals surface area contributed by atoms with Gasteiger partial charge in [-0.1, -0.05) is 319 Å². The van der Waals surface area contributed by atoms with Gasteiger partial charge in [-0.05, 0) is 70.6 Å². The summed E-state index contributed by atoms with van der Waals surface area (Å²) in [5.41, 5.74) is 0. The van der Waals surface area contributed by atoms with Gasteiger partial charge in [-0.15, -0.1) is 0 Å². The second-order valence-corrected chi connectivity index (χ2v) is 21.8. The van der Waals surface area contributed by atoms with Gasteiger partial charge < -0.3 is 15.5 Å². The largest absolute Gasteiger partial charge is 0.394 e. The first-order valence-corrected chi connectivity index (χ1v) is 31.9. The van der Waals surface area contributed by atoms with Crippen molar-refractivity contribution in [2.75, 3.05) is 6.61 Å². The molecule has 0 saturated carbocycles. The Kier molecular flexibility index (Phi) is 60.2. The third-order valence-electron chi connectivity index (χ3n) is 14.8. The number of aliphatic hydroxyl groups excluding tert-OH is 2. The first-order chi connectivity index (χ1) is 34.7. The number of amides is 1. The summed E-state index contributed by atoms with van der Waals surface area (Å²) in [4.78, 5) is 12.5. The summed E-state index contributed by atoms with van der Waals surface area (Å²) in [7, 11) is 0. The molecule has 0 aliphatic heterocycles. The summed E-state index contributed by atoms with van der Waals surface area (Å²) in [5, 5.41) is 23.1. The average molecular weight is 981 g/mol. The Morgan fingerprint density at radius 1 is 0.329 bits per heavy atom. The van der Waals surface area contributed by atoms with Crippen LogP contribution < -0.4 is 5.32 Å². The van der Waals surface area contributed by atoms with Crippen LogP contribution in [-0.2, 0) is 4.79 Å². The number of allylic oxidation sites excluding steroid dienone is 7. The van der Waals surface area contributed by atoms with Crippen molar-refractivity contribution in [3.05, 3.63) is 48.6 Å². The van der Waals surface area contributed by atoms with Crippen LogP contribution in [0.3, 0.4) is 0 Å². The second kappa shape index (κ2) is 61.6. The molecule has 0 spiro atoms. The molecule has 0 aromatic rings. The van der Waals surface area contributed by atoms with Crippen LogP contribution in [0.25, 0.3) is 0 Å². The van der Waals surface area contributed by atoms with Crippen LogP contribution >= 0.6 is 0 Å². The van der Waals surface area contributed by atoms with Crippen molar-refractivity contribution < 1.29 is 15.0 Å². The van der Waals surface area contributed by atoms with E-state index in [9.17, 15) is 15.0 Å². The predicted octanol–water partition coefficient (Wildman–Crippen LogP) is 21.4. The molecule has 412 valence electrons. The molecule has 3 N–H and O–H groups in total. The van der Waals surface area contributed by atoms with E-state index >= 15 is 0 Å². The lowest BCUT2D eigenvalue weighted by Gasteiger charge is -2.19. The van der Waals surface area contributed by atoms with Crippen molar-refractivity contribution in [2.24, 2.45) is 0 Å². The number of aliphatic hydroxyl groups is 2. The van der Waals surface area contributed by atoms with E-state index in [0.717, 1.165) is 38.5 Å². The lowest BCUT2D eigenvalue weighted by atomic mass is 10.0. The summed E-state index contributed by atoms with van der Waals surface area (Å²) in [5.74, 6) is -0.0733. The third-order valence-corrected chi connectivity index (χ3v) is 14.8. The van der Waals surface area contributed by atoms with E-state index < -0.39 is 12.1 Å². The SMILES string of the molecule is CCCCCCCCCCC/C=C/CC/C=C/CC/C=C/C(O)C(CO)NC(=O)CCCCCCCCCCCCCCCCCCC/C=C\CCCCCCCCCCCCCCCCCCCC. The van der Waals surface area contributed by atoms with Crippen LogP contribution in [0.5, 0.6) is 0 Å². The van der Waals surface area contributed by atoms with Gasteiger partial charge in [0, 0.05) is 6.42 Å². The molecule has 0 fully saturated rings. The van der Waals surface area contributed by atoms with E-state index in [1.54, 1.807) is 6.08 Å². The minimum atomic E-state index is -0.871. The number of hydrogen-bond donors (Lipinski definition) is 3. The number of rotatable bonds is 59. The topological polar surface area (TPSA) is 69.6 Å². The molecule has 4 heteroatoms. The molecule has 1 amide bonds. The quantitative estimate of drug-likeness (QED) is 0.0420. The Balaban J connectivity index is 3.44. The van der Waals surface area contributed by atoms with Gasteiger partial charge in [-0.25, -0.2) is 0 Å². The van der Waals surface area contributed by atoms with Gasteiger partial charge in [-0.2, -0.15) is 0 Å². The maximum absolute atomic E-state index is 12.5. The minimum Gasteiger partial charge on any atom is -0.394 e. The molecule has 0 bridgehead atoms. The van der Waals surface area contributed by atoms with Crippen LogP contribution in [-0.4, -0.2) is 34.9 Å². The second-order valence-electron chi connectivity index (χ2n) is 21.8. The highest BCUT2D eigenvalue weighted by Crippen LogP contribution is 2.18. The molecule has 0 aromatic carbocycles. The van der Waals surface area contributed by atoms with Crippen LogP contribution in [0, 0.1) is 0 Å². The van der Waals surface area contributed by atoms with Gasteiger partial charge in [-0.3, -0.25) is 4.79 Å². The molecule has 0 aliphatic rings. The highest BCUT2D eigenvalue weighted by atomic mass is 16.3. The Morgan fingerprint density at radius 2 is 0.557 bits per heavy atom. The van der Waals surface area contributed by atoms with E-state index in [4.69, 9.17) is 0 Å². The van der Waals surface area contributed by atoms with Crippen LogP contribution in [0.15, 0.2) is 48.6 Å². The lowest BCUT2D eigenvalue weighted by Crippen LogP contribution is -2.45. The van der Waals surface area contributed by atoms with Crippen molar-refractivity contribution in [1.29, 1.82) is 0 Å². The Bertz CT molecular complexity index is 1110. The first kappa shape index (κ1) is 68.4. The molecule has 0 rings (SSSR count). The number of unbranched alkanes of at least 4 members (excludes halogenated alkanes) is 46. The summed E-state index contributed by atoms with van der Waals surface area (Å²) in [6.45, 7) is 4.32. The van der Waals surface area contributed by atoms with Gasteiger partial charge in [0.05, 0.1) is 18.8 Å². The molecular weight excluding hydrogens is 855 g/mol. The zero-order valence-electron chi connectivity index (χ0n) is 47.6. The van der Waals surface area contributed by atoms with E-state index in [0.29, 0.717) is 6.42 Å². The molecule has 0 saturated heterocycles. The zero-order valence-corrected chi connectivity index (χ0v) is 47.6. The van der Waals surface area contributed by atoms with Crippen molar-refractivity contribution in [3.63, 3.8) is 0 Å². The van der Waals surface area contributed by atoms with Crippen LogP contribution in [0.1, 0.15) is 348 Å². The van der Waals surface area contributed by atoms with Crippen molar-refractivity contribution >= 4 is 5.91 Å². The number of carbonyl (C=O) groups is 1. The van der Waals surface area contributed by atoms with Crippen LogP contribution in [0.2, 0.25) is 0 Å². The highest BCUT2D eigenvalue weighted by molar-refractivity contribution is 5.76. The standard InChI is InChI=1S/C66H125NO3/c1-3-5-7-9-11-13-15-17-19-21-23-24-25-26-27-28-29-30-31-32-33-34-35-36-37-38-39-40-41-42-44-46-48-50-52-54-56-58-60-62-66(70)67-64(63-68)65(69)61-59-57-55-53-51-49-47-45-43-22-20-18-16-14-12-10-8-6-4-2/h32-33,43,45,51,53,59,61,64-65,68-69H,3-31,34-42,44,46-50,52,54-58,60,62-63H2,1-2H3,(H,67,70)/b33-32-,45-43+,53-51+,61-59+. The van der Waals surface area contributed by atoms with Gasteiger partial charge >= 0.3 is 0 Å². The molecule has 4 nitrogen and oxygen atoms in total. The molecule has 0 heterocycles. The van der Waals surface area contributed by atoms with Gasteiger partial charge in [0.2, 0.25) is 5.91 Å². The number of nitrogens with one attached hydrogen (secondary N) is 1. The minimum absolute atomic E-state index is 0.0733. The zero-order chi connectivity index (χ0) is 50.6. The smallest absolute Gasteiger partial charge is 0.220 e. The van der Waals surface area contributed by atoms with E-state index in [-0.39, 0.29) is 12.5 Å². The van der Waals surface area contributed by atoms with Crippen molar-refractivity contribution in [1.82, 2.24) is 5.32 Å². The fourth-order valence-electron chi connectivity index (χ4n) is 9.92. The van der Waals surface area contributed by atoms with E-state index in [1.165, 1.54) is 289 Å². The maximum atomic E-state index is 12.5. The monoisotopic (exact) mass is 980 g/mol. The Labute approximate surface area is 439 Å². The fraction of sp³-hybridized carbons (Fsp3) is 0.864. The normalized spacial score (nSPS) is 13.0. The van der Waals surface area contributed by atoms with Crippen LogP contribution in [0.4, 0.5) is 0 Å². The summed E-state index contributed by atoms with van der Waals surface area (Å²) >= 11 is 0. The number of hydrogen-bond acceptors (Lipinski definition) is 3. The number of carbonyl (C=O) groups excluding carboxylic acids is 1. The van der Waals surface area contributed by atoms with Crippen molar-refractivity contribution in [3.8, 4) is 0 Å². The van der Waals surface area contributed by atoms with E-state index in [1.807, 2.05) is 6.08 Å². The highest BCUT2D eigenvalue weighted by Gasteiger charge is 2.18. The Hall–Kier alpha value is -1.65. The Morgan fingerprint density at radius 3 is 0.829 bits per heavy atom. The maximum Gasteiger partial charge on any atom is 0.220 e. The molecule has 2 unspecified atom stereocenters. The van der Waals surface area contributed by atoms with E-state index in [2.05, 4.69) is 55.6 Å². The van der Waals surface area contributed by atoms with Gasteiger partial charge in [0.25, 0.3) is 0 Å². The summed E-state index contributed by atoms with van der Waals surface area (Å²) < 4.78 is 0. The molecular formula is C66H125NO3. The van der Waals surface area contributed by atoms with Gasteiger partial charge in [0.15, 0.2) is 0 Å².